The molecule has 0 aromatic heterocycles. The smallest absolute Gasteiger partial charge is 0.245 e. The molecule has 37 heavy (non-hydrogen) atoms. The maximum absolute atomic E-state index is 13.0. The molecule has 0 aliphatic rings. The number of rotatable bonds is 13. The lowest BCUT2D eigenvalue weighted by Crippen LogP contribution is -2.41. The molecule has 10 nitrogen and oxygen atoms in total. The van der Waals surface area contributed by atoms with Crippen molar-refractivity contribution in [2.75, 3.05) is 28.4 Å². The number of benzene rings is 2. The van der Waals surface area contributed by atoms with Crippen LogP contribution in [0.4, 0.5) is 0 Å². The molecule has 0 fully saturated rings. The number of nitrogens with one attached hydrogen (secondary N) is 2. The van der Waals surface area contributed by atoms with Crippen molar-refractivity contribution < 1.29 is 28.5 Å². The van der Waals surface area contributed by atoms with Crippen LogP contribution >= 0.6 is 0 Å². The fourth-order valence-corrected chi connectivity index (χ4v) is 3.63. The van der Waals surface area contributed by atoms with Gasteiger partial charge in [0.1, 0.15) is 6.04 Å². The van der Waals surface area contributed by atoms with Crippen molar-refractivity contribution in [3.8, 4) is 23.0 Å². The van der Waals surface area contributed by atoms with Gasteiger partial charge in [-0.2, -0.15) is 0 Å². The molecule has 1 unspecified atom stereocenters. The van der Waals surface area contributed by atoms with Crippen molar-refractivity contribution >= 4 is 17.8 Å². The molecule has 0 aliphatic carbocycles. The van der Waals surface area contributed by atoms with Gasteiger partial charge in [0.2, 0.25) is 11.8 Å². The Bertz CT molecular complexity index is 1090. The lowest BCUT2D eigenvalue weighted by atomic mass is 9.99. The minimum absolute atomic E-state index is 0.0537. The second-order valence-corrected chi connectivity index (χ2v) is 8.60. The van der Waals surface area contributed by atoms with Crippen LogP contribution in [0.3, 0.4) is 0 Å². The molecule has 2 aromatic carbocycles. The quantitative estimate of drug-likeness (QED) is 0.276. The Morgan fingerprint density at radius 3 is 1.97 bits per heavy atom. The van der Waals surface area contributed by atoms with E-state index in [2.05, 4.69) is 15.6 Å². The highest BCUT2D eigenvalue weighted by molar-refractivity contribution is 5.98. The number of nitrogens with zero attached hydrogens (tertiary/aromatic N) is 1. The zero-order chi connectivity index (χ0) is 27.4. The molecule has 2 aromatic rings. The minimum Gasteiger partial charge on any atom is -0.493 e. The van der Waals surface area contributed by atoms with E-state index >= 15 is 0 Å². The number of nitrogens with two attached hydrogens (primary N) is 1. The van der Waals surface area contributed by atoms with Gasteiger partial charge in [-0.3, -0.25) is 14.9 Å². The van der Waals surface area contributed by atoms with Crippen molar-refractivity contribution in [1.82, 2.24) is 10.6 Å². The van der Waals surface area contributed by atoms with Crippen LogP contribution in [0.15, 0.2) is 41.4 Å². The molecule has 4 N–H and O–H groups in total. The SMILES string of the molecule is CCC(C)C[C@@H](N=C(N)NC(=O)Cc1ccc(OC)c(OC)c1)C(=O)NCc1ccc(OC)c(OC)c1. The molecule has 0 radical (unpaired) electrons. The lowest BCUT2D eigenvalue weighted by molar-refractivity contribution is -0.123. The van der Waals surface area contributed by atoms with E-state index in [1.54, 1.807) is 51.7 Å². The third-order valence-electron chi connectivity index (χ3n) is 5.91. The zero-order valence-electron chi connectivity index (χ0n) is 22.4. The van der Waals surface area contributed by atoms with E-state index in [4.69, 9.17) is 24.7 Å². The summed E-state index contributed by atoms with van der Waals surface area (Å²) in [4.78, 5) is 29.9. The second kappa shape index (κ2) is 14.6. The maximum Gasteiger partial charge on any atom is 0.245 e. The van der Waals surface area contributed by atoms with E-state index in [9.17, 15) is 9.59 Å². The maximum atomic E-state index is 13.0. The van der Waals surface area contributed by atoms with Crippen molar-refractivity contribution in [3.05, 3.63) is 47.5 Å². The van der Waals surface area contributed by atoms with Crippen molar-refractivity contribution in [1.29, 1.82) is 0 Å². The van der Waals surface area contributed by atoms with E-state index in [1.807, 2.05) is 19.9 Å². The standard InChI is InChI=1S/C27H38N4O6/c1-7-17(2)12-20(26(33)29-16-19-9-11-22(35-4)24(14-19)37-6)30-27(28)31-25(32)15-18-8-10-21(34-3)23(13-18)36-5/h8-11,13-14,17,20H,7,12,15-16H2,1-6H3,(H,29,33)(H3,28,30,31,32)/t17?,20-/m1/s1. The van der Waals surface area contributed by atoms with Crippen LogP contribution < -0.4 is 35.3 Å². The molecule has 0 aliphatic heterocycles. The van der Waals surface area contributed by atoms with Crippen LogP contribution in [-0.4, -0.2) is 52.3 Å². The van der Waals surface area contributed by atoms with Crippen LogP contribution in [0.2, 0.25) is 0 Å². The zero-order valence-corrected chi connectivity index (χ0v) is 22.4. The van der Waals surface area contributed by atoms with E-state index < -0.39 is 6.04 Å². The van der Waals surface area contributed by atoms with E-state index in [0.717, 1.165) is 12.0 Å². The van der Waals surface area contributed by atoms with Crippen LogP contribution in [0, 0.1) is 5.92 Å². The number of ether oxygens (including phenoxy) is 4. The van der Waals surface area contributed by atoms with Gasteiger partial charge in [0.05, 0.1) is 34.9 Å². The predicted molar refractivity (Wildman–Crippen MR) is 142 cm³/mol. The summed E-state index contributed by atoms with van der Waals surface area (Å²) in [7, 11) is 6.19. The number of hydrogen-bond acceptors (Lipinski definition) is 7. The van der Waals surface area contributed by atoms with Gasteiger partial charge >= 0.3 is 0 Å². The van der Waals surface area contributed by atoms with Crippen LogP contribution in [-0.2, 0) is 22.6 Å². The van der Waals surface area contributed by atoms with E-state index in [1.165, 1.54) is 7.11 Å². The topological polar surface area (TPSA) is 134 Å². The Kier molecular flexibility index (Phi) is 11.5. The van der Waals surface area contributed by atoms with Crippen LogP contribution in [0.1, 0.15) is 37.8 Å². The summed E-state index contributed by atoms with van der Waals surface area (Å²) in [6.45, 7) is 4.36. The molecule has 0 saturated carbocycles. The highest BCUT2D eigenvalue weighted by Crippen LogP contribution is 2.28. The number of guanidine groups is 1. The van der Waals surface area contributed by atoms with Crippen molar-refractivity contribution in [2.45, 2.75) is 45.7 Å². The van der Waals surface area contributed by atoms with Gasteiger partial charge < -0.3 is 30.0 Å². The minimum atomic E-state index is -0.753. The number of methoxy groups -OCH3 is 4. The van der Waals surface area contributed by atoms with Gasteiger partial charge in [-0.15, -0.1) is 0 Å². The summed E-state index contributed by atoms with van der Waals surface area (Å²) in [5.41, 5.74) is 7.58. The van der Waals surface area contributed by atoms with Gasteiger partial charge in [-0.25, -0.2) is 4.99 Å². The first-order valence-electron chi connectivity index (χ1n) is 12.1. The summed E-state index contributed by atoms with van der Waals surface area (Å²) >= 11 is 0. The molecule has 0 spiro atoms. The molecule has 10 heteroatoms. The fraction of sp³-hybridized carbons (Fsp3) is 0.444. The van der Waals surface area contributed by atoms with Gasteiger partial charge in [0.15, 0.2) is 29.0 Å². The molecular weight excluding hydrogens is 476 g/mol. The fourth-order valence-electron chi connectivity index (χ4n) is 3.63. The van der Waals surface area contributed by atoms with E-state index in [0.29, 0.717) is 35.0 Å². The predicted octanol–water partition coefficient (Wildman–Crippen LogP) is 2.82. The highest BCUT2D eigenvalue weighted by Gasteiger charge is 2.21. The molecule has 2 rings (SSSR count). The summed E-state index contributed by atoms with van der Waals surface area (Å²) < 4.78 is 21.1. The number of carbonyl (C=O) groups excluding carboxylic acids is 2. The summed E-state index contributed by atoms with van der Waals surface area (Å²) in [5, 5.41) is 5.48. The Labute approximate surface area is 218 Å². The van der Waals surface area contributed by atoms with Crippen molar-refractivity contribution in [3.63, 3.8) is 0 Å². The molecule has 2 atom stereocenters. The molecule has 202 valence electrons. The molecule has 0 heterocycles. The summed E-state index contributed by atoms with van der Waals surface area (Å²) in [6.07, 6.45) is 1.42. The highest BCUT2D eigenvalue weighted by atomic mass is 16.5. The van der Waals surface area contributed by atoms with Crippen LogP contribution in [0.5, 0.6) is 23.0 Å². The monoisotopic (exact) mass is 514 g/mol. The number of amides is 2. The van der Waals surface area contributed by atoms with Gasteiger partial charge in [-0.05, 0) is 47.7 Å². The van der Waals surface area contributed by atoms with Gasteiger partial charge in [0.25, 0.3) is 0 Å². The van der Waals surface area contributed by atoms with Crippen LogP contribution in [0.25, 0.3) is 0 Å². The third kappa shape index (κ3) is 8.89. The number of carbonyl (C=O) groups is 2. The number of hydrogen-bond donors (Lipinski definition) is 3. The third-order valence-corrected chi connectivity index (χ3v) is 5.91. The number of aliphatic imine (C=N–C) groups is 1. The summed E-state index contributed by atoms with van der Waals surface area (Å²) in [5.74, 6) is 1.75. The Morgan fingerprint density at radius 1 is 0.892 bits per heavy atom. The Balaban J connectivity index is 2.07. The average Bonchev–Trinajstić information content (AvgIpc) is 2.90. The summed E-state index contributed by atoms with van der Waals surface area (Å²) in [6, 6.07) is 9.88. The molecule has 2 amide bonds. The molecule has 0 bridgehead atoms. The first kappa shape index (κ1) is 29.3. The Hall–Kier alpha value is -3.95. The molecule has 0 saturated heterocycles. The Morgan fingerprint density at radius 2 is 1.43 bits per heavy atom. The largest absolute Gasteiger partial charge is 0.493 e. The lowest BCUT2D eigenvalue weighted by Gasteiger charge is -2.18. The normalized spacial score (nSPS) is 12.8. The average molecular weight is 515 g/mol. The van der Waals surface area contributed by atoms with Crippen molar-refractivity contribution in [2.24, 2.45) is 16.6 Å². The first-order valence-corrected chi connectivity index (χ1v) is 12.1. The van der Waals surface area contributed by atoms with Gasteiger partial charge in [0, 0.05) is 6.54 Å². The van der Waals surface area contributed by atoms with E-state index in [-0.39, 0.29) is 36.7 Å². The first-order chi connectivity index (χ1) is 17.7. The molecular formula is C27H38N4O6. The second-order valence-electron chi connectivity index (χ2n) is 8.60. The van der Waals surface area contributed by atoms with Gasteiger partial charge in [-0.1, -0.05) is 32.4 Å².